The summed E-state index contributed by atoms with van der Waals surface area (Å²) in [6.45, 7) is 2.31. The van der Waals surface area contributed by atoms with Crippen molar-refractivity contribution in [3.8, 4) is 0 Å². The molecule has 0 aromatic carbocycles. The number of hydrogen-bond donors (Lipinski definition) is 1. The Morgan fingerprint density at radius 3 is 2.93 bits per heavy atom. The van der Waals surface area contributed by atoms with Crippen molar-refractivity contribution >= 4 is 5.91 Å². The van der Waals surface area contributed by atoms with Gasteiger partial charge in [0.15, 0.2) is 5.82 Å². The fourth-order valence-corrected chi connectivity index (χ4v) is 0.899. The number of nitrogens with zero attached hydrogens (tertiary/aromatic N) is 3. The van der Waals surface area contributed by atoms with Gasteiger partial charge in [0.05, 0.1) is 6.54 Å². The van der Waals surface area contributed by atoms with Gasteiger partial charge >= 0.3 is 0 Å². The molecule has 0 fully saturated rings. The predicted molar refractivity (Wildman–Crippen MR) is 49.2 cm³/mol. The van der Waals surface area contributed by atoms with Gasteiger partial charge in [-0.1, -0.05) is 5.16 Å². The van der Waals surface area contributed by atoms with Gasteiger partial charge in [0.25, 0.3) is 0 Å². The summed E-state index contributed by atoms with van der Waals surface area (Å²) in [6, 6.07) is 0. The molecule has 0 radical (unpaired) electrons. The zero-order valence-corrected chi connectivity index (χ0v) is 8.36. The molecule has 1 aromatic heterocycles. The Kier molecular flexibility index (Phi) is 3.58. The monoisotopic (exact) mass is 198 g/mol. The maximum absolute atomic E-state index is 10.9. The van der Waals surface area contributed by atoms with Crippen molar-refractivity contribution in [2.45, 2.75) is 19.9 Å². The van der Waals surface area contributed by atoms with Crippen molar-refractivity contribution in [2.24, 2.45) is 5.73 Å². The summed E-state index contributed by atoms with van der Waals surface area (Å²) in [5, 5.41) is 3.71. The van der Waals surface area contributed by atoms with Crippen LogP contribution in [0.1, 0.15) is 18.6 Å². The summed E-state index contributed by atoms with van der Waals surface area (Å²) in [7, 11) is 1.68. The third-order valence-corrected chi connectivity index (χ3v) is 1.79. The Hall–Kier alpha value is -1.43. The third-order valence-electron chi connectivity index (χ3n) is 1.79. The first kappa shape index (κ1) is 10.6. The highest BCUT2D eigenvalue weighted by atomic mass is 16.5. The van der Waals surface area contributed by atoms with E-state index in [9.17, 15) is 4.79 Å². The normalized spacial score (nSPS) is 10.2. The Morgan fingerprint density at radius 2 is 2.36 bits per heavy atom. The molecule has 0 aliphatic rings. The van der Waals surface area contributed by atoms with Gasteiger partial charge in [-0.15, -0.1) is 0 Å². The van der Waals surface area contributed by atoms with Crippen LogP contribution < -0.4 is 5.73 Å². The van der Waals surface area contributed by atoms with Crippen LogP contribution in [0.3, 0.4) is 0 Å². The fraction of sp³-hybridized carbons (Fsp3) is 0.625. The molecule has 1 aromatic rings. The van der Waals surface area contributed by atoms with E-state index in [2.05, 4.69) is 10.1 Å². The summed E-state index contributed by atoms with van der Waals surface area (Å²) < 4.78 is 4.93. The number of nitrogens with two attached hydrogens (primary N) is 1. The van der Waals surface area contributed by atoms with Crippen molar-refractivity contribution in [1.29, 1.82) is 0 Å². The maximum Gasteiger partial charge on any atom is 0.246 e. The van der Waals surface area contributed by atoms with Crippen molar-refractivity contribution in [3.63, 3.8) is 0 Å². The van der Waals surface area contributed by atoms with E-state index in [1.165, 1.54) is 11.8 Å². The van der Waals surface area contributed by atoms with Crippen LogP contribution in [-0.2, 0) is 17.8 Å². The molecule has 0 bridgehead atoms. The number of hydrogen-bond acceptors (Lipinski definition) is 5. The van der Waals surface area contributed by atoms with E-state index in [1.54, 1.807) is 7.05 Å². The molecular formula is C8H14N4O2. The molecule has 1 amide bonds. The first-order valence-corrected chi connectivity index (χ1v) is 4.36. The van der Waals surface area contributed by atoms with Gasteiger partial charge in [0.2, 0.25) is 11.8 Å². The van der Waals surface area contributed by atoms with Crippen molar-refractivity contribution < 1.29 is 9.32 Å². The molecule has 0 aliphatic carbocycles. The highest BCUT2D eigenvalue weighted by molar-refractivity contribution is 5.72. The van der Waals surface area contributed by atoms with Gasteiger partial charge in [0.1, 0.15) is 0 Å². The van der Waals surface area contributed by atoms with Crippen LogP contribution in [0.15, 0.2) is 4.52 Å². The summed E-state index contributed by atoms with van der Waals surface area (Å²) in [4.78, 5) is 16.5. The lowest BCUT2D eigenvalue weighted by Gasteiger charge is -2.10. The van der Waals surface area contributed by atoms with Crippen LogP contribution in [-0.4, -0.2) is 34.5 Å². The smallest absolute Gasteiger partial charge is 0.246 e. The van der Waals surface area contributed by atoms with Crippen LogP contribution in [0.4, 0.5) is 0 Å². The van der Waals surface area contributed by atoms with E-state index in [-0.39, 0.29) is 5.91 Å². The van der Waals surface area contributed by atoms with E-state index in [4.69, 9.17) is 10.3 Å². The van der Waals surface area contributed by atoms with Crippen LogP contribution in [0.5, 0.6) is 0 Å². The first-order valence-electron chi connectivity index (χ1n) is 4.36. The number of amides is 1. The highest BCUT2D eigenvalue weighted by Gasteiger charge is 2.09. The predicted octanol–water partition coefficient (Wildman–Crippen LogP) is -0.451. The molecule has 14 heavy (non-hydrogen) atoms. The molecule has 6 nitrogen and oxygen atoms in total. The maximum atomic E-state index is 10.9. The van der Waals surface area contributed by atoms with Crippen molar-refractivity contribution in [2.75, 3.05) is 13.6 Å². The molecule has 0 saturated heterocycles. The topological polar surface area (TPSA) is 85.2 Å². The highest BCUT2D eigenvalue weighted by Crippen LogP contribution is 2.01. The zero-order valence-electron chi connectivity index (χ0n) is 8.36. The second kappa shape index (κ2) is 4.71. The second-order valence-corrected chi connectivity index (χ2v) is 3.02. The van der Waals surface area contributed by atoms with E-state index >= 15 is 0 Å². The number of aromatic nitrogens is 2. The lowest BCUT2D eigenvalue weighted by Crippen LogP contribution is -2.23. The summed E-state index contributed by atoms with van der Waals surface area (Å²) in [5.41, 5.74) is 5.33. The molecule has 0 atom stereocenters. The second-order valence-electron chi connectivity index (χ2n) is 3.02. The van der Waals surface area contributed by atoms with E-state index < -0.39 is 0 Å². The first-order chi connectivity index (χ1) is 6.63. The van der Waals surface area contributed by atoms with Gasteiger partial charge in [-0.2, -0.15) is 4.98 Å². The molecular weight excluding hydrogens is 184 g/mol. The lowest BCUT2D eigenvalue weighted by atomic mass is 10.4. The van der Waals surface area contributed by atoms with Gasteiger partial charge < -0.3 is 15.2 Å². The molecule has 1 rings (SSSR count). The van der Waals surface area contributed by atoms with Crippen molar-refractivity contribution in [1.82, 2.24) is 15.0 Å². The molecule has 2 N–H and O–H groups in total. The molecule has 0 unspecified atom stereocenters. The Morgan fingerprint density at radius 1 is 1.64 bits per heavy atom. The Balaban J connectivity index is 2.55. The van der Waals surface area contributed by atoms with Crippen molar-refractivity contribution in [3.05, 3.63) is 11.7 Å². The molecule has 78 valence electrons. The van der Waals surface area contributed by atoms with Gasteiger partial charge in [-0.25, -0.2) is 0 Å². The number of carbonyl (C=O) groups excluding carboxylic acids is 1. The zero-order chi connectivity index (χ0) is 10.6. The quantitative estimate of drug-likeness (QED) is 0.708. The summed E-state index contributed by atoms with van der Waals surface area (Å²) in [6.07, 6.45) is 0.591. The summed E-state index contributed by atoms with van der Waals surface area (Å²) >= 11 is 0. The molecule has 0 aliphatic heterocycles. The van der Waals surface area contributed by atoms with Crippen LogP contribution in [0.2, 0.25) is 0 Å². The molecule has 0 saturated carbocycles. The number of rotatable bonds is 4. The number of carbonyl (C=O) groups is 1. The Labute approximate surface area is 82.1 Å². The minimum atomic E-state index is -0.0384. The molecule has 6 heteroatoms. The minimum absolute atomic E-state index is 0.0384. The SMILES string of the molecule is CC(=O)N(C)Cc1nc(CCN)no1. The molecule has 1 heterocycles. The third kappa shape index (κ3) is 2.81. The fourth-order valence-electron chi connectivity index (χ4n) is 0.899. The summed E-state index contributed by atoms with van der Waals surface area (Å²) in [5.74, 6) is 0.981. The molecule has 0 spiro atoms. The van der Waals surface area contributed by atoms with Gasteiger partial charge in [0, 0.05) is 20.4 Å². The van der Waals surface area contributed by atoms with E-state index in [0.717, 1.165) is 0 Å². The minimum Gasteiger partial charge on any atom is -0.337 e. The average Bonchev–Trinajstić information content (AvgIpc) is 2.53. The van der Waals surface area contributed by atoms with Crippen LogP contribution in [0.25, 0.3) is 0 Å². The van der Waals surface area contributed by atoms with Gasteiger partial charge in [-0.3, -0.25) is 4.79 Å². The Bertz CT molecular complexity index is 310. The lowest BCUT2D eigenvalue weighted by molar-refractivity contribution is -0.128. The van der Waals surface area contributed by atoms with Gasteiger partial charge in [-0.05, 0) is 6.54 Å². The largest absolute Gasteiger partial charge is 0.337 e. The van der Waals surface area contributed by atoms with Crippen LogP contribution >= 0.6 is 0 Å². The van der Waals surface area contributed by atoms with E-state index in [0.29, 0.717) is 31.2 Å². The average molecular weight is 198 g/mol. The van der Waals surface area contributed by atoms with Crippen LogP contribution in [0, 0.1) is 0 Å². The van der Waals surface area contributed by atoms with E-state index in [1.807, 2.05) is 0 Å². The standard InChI is InChI=1S/C8H14N4O2/c1-6(13)12(2)5-8-10-7(3-4-9)11-14-8/h3-5,9H2,1-2H3.